The van der Waals surface area contributed by atoms with Gasteiger partial charge < -0.3 is 4.57 Å². The Bertz CT molecular complexity index is 1290. The van der Waals surface area contributed by atoms with Gasteiger partial charge in [-0.2, -0.15) is 0 Å². The zero-order valence-corrected chi connectivity index (χ0v) is 16.1. The standard InChI is InChI=1S/C25H19ClN2/c26-22-10-4-3-9-21(22)16-25-27-23-11-5-6-12-24(23)28(25)17-18-13-14-19-7-1-2-8-20(19)15-18/h1-15H,16-17H2. The largest absolute Gasteiger partial charge is 0.323 e. The molecule has 5 rings (SSSR count). The molecule has 0 unspecified atom stereocenters. The quantitative estimate of drug-likeness (QED) is 0.347. The minimum atomic E-state index is 0.710. The van der Waals surface area contributed by atoms with Gasteiger partial charge in [0.25, 0.3) is 0 Å². The van der Waals surface area contributed by atoms with Crippen molar-refractivity contribution in [1.82, 2.24) is 9.55 Å². The second-order valence-electron chi connectivity index (χ2n) is 7.05. The van der Waals surface area contributed by atoms with Crippen molar-refractivity contribution in [2.24, 2.45) is 0 Å². The van der Waals surface area contributed by atoms with E-state index in [1.807, 2.05) is 24.3 Å². The van der Waals surface area contributed by atoms with E-state index < -0.39 is 0 Å². The summed E-state index contributed by atoms with van der Waals surface area (Å²) in [7, 11) is 0. The van der Waals surface area contributed by atoms with Gasteiger partial charge in [0.15, 0.2) is 0 Å². The molecule has 1 heterocycles. The van der Waals surface area contributed by atoms with Gasteiger partial charge in [0, 0.05) is 18.0 Å². The Balaban J connectivity index is 1.59. The van der Waals surface area contributed by atoms with E-state index >= 15 is 0 Å². The Hall–Kier alpha value is -3.10. The van der Waals surface area contributed by atoms with Crippen LogP contribution in [0.2, 0.25) is 5.02 Å². The Morgan fingerprint density at radius 1 is 0.750 bits per heavy atom. The van der Waals surface area contributed by atoms with Crippen molar-refractivity contribution in [3.63, 3.8) is 0 Å². The summed E-state index contributed by atoms with van der Waals surface area (Å²) in [5.74, 6) is 1.03. The van der Waals surface area contributed by atoms with Crippen LogP contribution in [0.3, 0.4) is 0 Å². The smallest absolute Gasteiger partial charge is 0.114 e. The molecule has 0 saturated heterocycles. The van der Waals surface area contributed by atoms with Crippen molar-refractivity contribution < 1.29 is 0 Å². The molecule has 0 spiro atoms. The summed E-state index contributed by atoms with van der Waals surface area (Å²) in [4.78, 5) is 4.91. The lowest BCUT2D eigenvalue weighted by molar-refractivity contribution is 0.763. The third-order valence-electron chi connectivity index (χ3n) is 5.19. The molecule has 0 bridgehead atoms. The van der Waals surface area contributed by atoms with Gasteiger partial charge in [-0.15, -0.1) is 0 Å². The monoisotopic (exact) mass is 382 g/mol. The Morgan fingerprint density at radius 3 is 2.39 bits per heavy atom. The maximum Gasteiger partial charge on any atom is 0.114 e. The van der Waals surface area contributed by atoms with E-state index in [0.29, 0.717) is 6.42 Å². The van der Waals surface area contributed by atoms with Crippen LogP contribution in [0, 0.1) is 0 Å². The molecule has 0 aliphatic carbocycles. The molecule has 0 N–H and O–H groups in total. The number of nitrogens with zero attached hydrogens (tertiary/aromatic N) is 2. The number of hydrogen-bond acceptors (Lipinski definition) is 1. The Kier molecular flexibility index (Phi) is 4.34. The van der Waals surface area contributed by atoms with E-state index in [-0.39, 0.29) is 0 Å². The third kappa shape index (κ3) is 3.17. The summed E-state index contributed by atoms with van der Waals surface area (Å²) in [5.41, 5.74) is 4.53. The molecule has 0 atom stereocenters. The fourth-order valence-electron chi connectivity index (χ4n) is 3.77. The number of fused-ring (bicyclic) bond motifs is 2. The molecule has 2 nitrogen and oxygen atoms in total. The fourth-order valence-corrected chi connectivity index (χ4v) is 3.97. The number of benzene rings is 4. The van der Waals surface area contributed by atoms with Gasteiger partial charge in [0.1, 0.15) is 5.82 Å². The van der Waals surface area contributed by atoms with Gasteiger partial charge in [-0.05, 0) is 46.2 Å². The highest BCUT2D eigenvalue weighted by molar-refractivity contribution is 6.31. The number of hydrogen-bond donors (Lipinski definition) is 0. The van der Waals surface area contributed by atoms with Crippen molar-refractivity contribution in [2.45, 2.75) is 13.0 Å². The molecule has 28 heavy (non-hydrogen) atoms. The van der Waals surface area contributed by atoms with Gasteiger partial charge in [-0.25, -0.2) is 4.98 Å². The maximum absolute atomic E-state index is 6.41. The zero-order chi connectivity index (χ0) is 18.9. The van der Waals surface area contributed by atoms with E-state index in [0.717, 1.165) is 34.0 Å². The predicted molar refractivity (Wildman–Crippen MR) is 117 cm³/mol. The van der Waals surface area contributed by atoms with Crippen LogP contribution >= 0.6 is 11.6 Å². The highest BCUT2D eigenvalue weighted by Gasteiger charge is 2.13. The van der Waals surface area contributed by atoms with Gasteiger partial charge in [0.2, 0.25) is 0 Å². The summed E-state index contributed by atoms with van der Waals surface area (Å²) < 4.78 is 2.31. The summed E-state index contributed by atoms with van der Waals surface area (Å²) in [6.07, 6.45) is 0.710. The van der Waals surface area contributed by atoms with Crippen LogP contribution < -0.4 is 0 Å². The van der Waals surface area contributed by atoms with Crippen LogP contribution in [0.1, 0.15) is 17.0 Å². The first-order valence-electron chi connectivity index (χ1n) is 9.43. The Labute approximate surface area is 169 Å². The average Bonchev–Trinajstić information content (AvgIpc) is 3.07. The molecule has 5 aromatic rings. The molecule has 0 radical (unpaired) electrons. The van der Waals surface area contributed by atoms with Crippen molar-refractivity contribution in [1.29, 1.82) is 0 Å². The van der Waals surface area contributed by atoms with Crippen molar-refractivity contribution >= 4 is 33.4 Å². The van der Waals surface area contributed by atoms with Crippen LogP contribution in [0.5, 0.6) is 0 Å². The summed E-state index contributed by atoms with van der Waals surface area (Å²) >= 11 is 6.41. The molecular weight excluding hydrogens is 364 g/mol. The van der Waals surface area contributed by atoms with Crippen LogP contribution in [0.4, 0.5) is 0 Å². The van der Waals surface area contributed by atoms with E-state index in [9.17, 15) is 0 Å². The van der Waals surface area contributed by atoms with Crippen molar-refractivity contribution in [3.8, 4) is 0 Å². The van der Waals surface area contributed by atoms with E-state index in [1.165, 1.54) is 16.3 Å². The molecular formula is C25H19ClN2. The van der Waals surface area contributed by atoms with Crippen LogP contribution in [0.15, 0.2) is 91.0 Å². The fraction of sp³-hybridized carbons (Fsp3) is 0.0800. The molecule has 0 saturated carbocycles. The van der Waals surface area contributed by atoms with E-state index in [1.54, 1.807) is 0 Å². The van der Waals surface area contributed by atoms with E-state index in [2.05, 4.69) is 71.3 Å². The second-order valence-corrected chi connectivity index (χ2v) is 7.46. The lowest BCUT2D eigenvalue weighted by Gasteiger charge is -2.11. The van der Waals surface area contributed by atoms with Crippen molar-refractivity contribution in [2.75, 3.05) is 0 Å². The Morgan fingerprint density at radius 2 is 1.50 bits per heavy atom. The molecule has 3 heteroatoms. The highest BCUT2D eigenvalue weighted by atomic mass is 35.5. The number of aromatic nitrogens is 2. The van der Waals surface area contributed by atoms with Crippen LogP contribution in [-0.4, -0.2) is 9.55 Å². The SMILES string of the molecule is Clc1ccccc1Cc1nc2ccccc2n1Cc1ccc2ccccc2c1. The first-order chi connectivity index (χ1) is 13.8. The highest BCUT2D eigenvalue weighted by Crippen LogP contribution is 2.24. The van der Waals surface area contributed by atoms with Gasteiger partial charge in [-0.3, -0.25) is 0 Å². The lowest BCUT2D eigenvalue weighted by Crippen LogP contribution is -2.06. The second kappa shape index (κ2) is 7.14. The first-order valence-corrected chi connectivity index (χ1v) is 9.81. The average molecular weight is 383 g/mol. The molecule has 1 aromatic heterocycles. The molecule has 0 aliphatic heterocycles. The van der Waals surface area contributed by atoms with Crippen LogP contribution in [0.25, 0.3) is 21.8 Å². The molecule has 136 valence electrons. The normalized spacial score (nSPS) is 11.3. The third-order valence-corrected chi connectivity index (χ3v) is 5.56. The van der Waals surface area contributed by atoms with Crippen molar-refractivity contribution in [3.05, 3.63) is 113 Å². The minimum absolute atomic E-state index is 0.710. The first kappa shape index (κ1) is 17.0. The van der Waals surface area contributed by atoms with Gasteiger partial charge in [0.05, 0.1) is 11.0 Å². The topological polar surface area (TPSA) is 17.8 Å². The number of rotatable bonds is 4. The van der Waals surface area contributed by atoms with E-state index in [4.69, 9.17) is 16.6 Å². The van der Waals surface area contributed by atoms with Crippen LogP contribution in [-0.2, 0) is 13.0 Å². The van der Waals surface area contributed by atoms with Gasteiger partial charge >= 0.3 is 0 Å². The summed E-state index contributed by atoms with van der Waals surface area (Å²) in [6, 6.07) is 31.4. The lowest BCUT2D eigenvalue weighted by atomic mass is 10.1. The molecule has 0 fully saturated rings. The minimum Gasteiger partial charge on any atom is -0.323 e. The van der Waals surface area contributed by atoms with Gasteiger partial charge in [-0.1, -0.05) is 78.3 Å². The summed E-state index contributed by atoms with van der Waals surface area (Å²) in [5, 5.41) is 3.31. The molecule has 0 amide bonds. The number of imidazole rings is 1. The molecule has 4 aromatic carbocycles. The number of para-hydroxylation sites is 2. The molecule has 0 aliphatic rings. The maximum atomic E-state index is 6.41. The summed E-state index contributed by atoms with van der Waals surface area (Å²) in [6.45, 7) is 0.783. The predicted octanol–water partition coefficient (Wildman–Crippen LogP) is 6.48. The zero-order valence-electron chi connectivity index (χ0n) is 15.3. The number of halogens is 1.